The second-order valence-corrected chi connectivity index (χ2v) is 7.82. The Kier molecular flexibility index (Phi) is 5.73. The highest BCUT2D eigenvalue weighted by atomic mass is 16.5. The summed E-state index contributed by atoms with van der Waals surface area (Å²) in [6.07, 6.45) is 0. The summed E-state index contributed by atoms with van der Waals surface area (Å²) in [5.74, 6) is 1.33. The van der Waals surface area contributed by atoms with E-state index in [1.807, 2.05) is 62.5 Å². The number of hydrogen-bond donors (Lipinski definition) is 3. The van der Waals surface area contributed by atoms with Crippen LogP contribution < -0.4 is 10.1 Å². The number of Topliss-reactive ketones (excluding diaryl/α,β-unsaturated/α-hetero) is 1. The van der Waals surface area contributed by atoms with E-state index in [9.17, 15) is 15.0 Å². The van der Waals surface area contributed by atoms with Gasteiger partial charge in [0.15, 0.2) is 5.78 Å². The zero-order valence-electron chi connectivity index (χ0n) is 18.2. The lowest BCUT2D eigenvalue weighted by Gasteiger charge is -2.17. The minimum atomic E-state index is -0.165. The topological polar surface area (TPSA) is 78.8 Å². The quantitative estimate of drug-likeness (QED) is 0.244. The minimum Gasteiger partial charge on any atom is -0.507 e. The second-order valence-electron chi connectivity index (χ2n) is 7.82. The number of ether oxygens (including phenoxy) is 1. The number of benzene rings is 4. The van der Waals surface area contributed by atoms with Crippen LogP contribution in [0.3, 0.4) is 0 Å². The van der Waals surface area contributed by atoms with Gasteiger partial charge in [0.05, 0.1) is 0 Å². The molecule has 0 spiro atoms. The second kappa shape index (κ2) is 8.63. The maximum atomic E-state index is 11.7. The molecule has 0 aliphatic heterocycles. The van der Waals surface area contributed by atoms with Crippen molar-refractivity contribution in [3.05, 3.63) is 89.5 Å². The van der Waals surface area contributed by atoms with Gasteiger partial charge in [-0.15, -0.1) is 0 Å². The van der Waals surface area contributed by atoms with Gasteiger partial charge in [0.2, 0.25) is 0 Å². The molecule has 0 bridgehead atoms. The maximum Gasteiger partial charge on any atom is 0.159 e. The van der Waals surface area contributed by atoms with Crippen LogP contribution in [0.4, 0.5) is 5.69 Å². The molecule has 5 heteroatoms. The van der Waals surface area contributed by atoms with Gasteiger partial charge in [0.25, 0.3) is 0 Å². The lowest BCUT2D eigenvalue weighted by Crippen LogP contribution is -1.98. The van der Waals surface area contributed by atoms with E-state index in [4.69, 9.17) is 4.74 Å². The van der Waals surface area contributed by atoms with Crippen molar-refractivity contribution in [1.82, 2.24) is 0 Å². The first-order valence-electron chi connectivity index (χ1n) is 10.4. The van der Waals surface area contributed by atoms with E-state index in [-0.39, 0.29) is 23.2 Å². The predicted octanol–water partition coefficient (Wildman–Crippen LogP) is 6.44. The number of fused-ring (bicyclic) bond motifs is 1. The Labute approximate surface area is 186 Å². The van der Waals surface area contributed by atoms with E-state index in [0.717, 1.165) is 17.0 Å². The Bertz CT molecular complexity index is 1280. The number of carbonyl (C=O) groups excluding carboxylic acids is 1. The van der Waals surface area contributed by atoms with E-state index < -0.39 is 0 Å². The first-order chi connectivity index (χ1) is 15.4. The molecule has 32 heavy (non-hydrogen) atoms. The average molecular weight is 428 g/mol. The highest BCUT2D eigenvalue weighted by Gasteiger charge is 2.18. The fourth-order valence-electron chi connectivity index (χ4n) is 3.79. The molecular weight excluding hydrogens is 402 g/mol. The third kappa shape index (κ3) is 4.10. The zero-order valence-corrected chi connectivity index (χ0v) is 18.2. The number of phenolic OH excluding ortho intramolecular Hbond substituents is 2. The van der Waals surface area contributed by atoms with Crippen molar-refractivity contribution in [2.75, 3.05) is 12.4 Å². The van der Waals surface area contributed by atoms with Gasteiger partial charge in [-0.05, 0) is 67.1 Å². The number of phenols is 2. The Hall–Kier alpha value is -3.99. The number of anilines is 1. The van der Waals surface area contributed by atoms with Crippen LogP contribution in [0, 0.1) is 0 Å². The normalized spacial score (nSPS) is 11.8. The molecule has 4 aromatic rings. The van der Waals surface area contributed by atoms with Crippen LogP contribution in [0.1, 0.15) is 41.3 Å². The fraction of sp³-hybridized carbons (Fsp3) is 0.148. The third-order valence-electron chi connectivity index (χ3n) is 5.75. The van der Waals surface area contributed by atoms with Crippen molar-refractivity contribution in [3.8, 4) is 23.0 Å². The van der Waals surface area contributed by atoms with Crippen molar-refractivity contribution in [1.29, 1.82) is 0 Å². The highest BCUT2D eigenvalue weighted by molar-refractivity contribution is 6.02. The van der Waals surface area contributed by atoms with Gasteiger partial charge in [-0.3, -0.25) is 4.79 Å². The molecular formula is C27H25NO4. The van der Waals surface area contributed by atoms with Gasteiger partial charge in [0, 0.05) is 40.6 Å². The molecule has 3 N–H and O–H groups in total. The van der Waals surface area contributed by atoms with Gasteiger partial charge < -0.3 is 20.3 Å². The first-order valence-corrected chi connectivity index (χ1v) is 10.4. The Morgan fingerprint density at radius 2 is 1.50 bits per heavy atom. The number of nitrogens with one attached hydrogen (secondary N) is 1. The van der Waals surface area contributed by atoms with E-state index in [1.54, 1.807) is 24.3 Å². The van der Waals surface area contributed by atoms with Gasteiger partial charge >= 0.3 is 0 Å². The summed E-state index contributed by atoms with van der Waals surface area (Å²) < 4.78 is 5.90. The molecule has 4 rings (SSSR count). The van der Waals surface area contributed by atoms with Crippen LogP contribution in [-0.4, -0.2) is 23.0 Å². The monoisotopic (exact) mass is 427 g/mol. The van der Waals surface area contributed by atoms with Gasteiger partial charge in [-0.1, -0.05) is 25.1 Å². The molecule has 0 saturated heterocycles. The smallest absolute Gasteiger partial charge is 0.159 e. The number of carbonyl (C=O) groups is 1. The molecule has 1 unspecified atom stereocenters. The Morgan fingerprint density at radius 1 is 0.875 bits per heavy atom. The fourth-order valence-corrected chi connectivity index (χ4v) is 3.79. The summed E-state index contributed by atoms with van der Waals surface area (Å²) in [6, 6.07) is 21.9. The largest absolute Gasteiger partial charge is 0.507 e. The SMILES string of the molecule is CNc1ccc(Oc2ccc(C(C)c3cc(O)c4cc(C(C)=O)ccc4c3O)cc2)cc1. The van der Waals surface area contributed by atoms with Gasteiger partial charge in [-0.25, -0.2) is 0 Å². The van der Waals surface area contributed by atoms with Crippen molar-refractivity contribution in [3.63, 3.8) is 0 Å². The molecule has 162 valence electrons. The molecule has 5 nitrogen and oxygen atoms in total. The van der Waals surface area contributed by atoms with E-state index in [2.05, 4.69) is 5.32 Å². The lowest BCUT2D eigenvalue weighted by molar-refractivity contribution is 0.101. The van der Waals surface area contributed by atoms with Crippen molar-refractivity contribution in [2.24, 2.45) is 0 Å². The summed E-state index contributed by atoms with van der Waals surface area (Å²) in [6.45, 7) is 3.44. The van der Waals surface area contributed by atoms with E-state index in [1.165, 1.54) is 6.92 Å². The molecule has 0 aliphatic rings. The van der Waals surface area contributed by atoms with Gasteiger partial charge in [0.1, 0.15) is 23.0 Å². The number of aromatic hydroxyl groups is 2. The van der Waals surface area contributed by atoms with Gasteiger partial charge in [-0.2, -0.15) is 0 Å². The summed E-state index contributed by atoms with van der Waals surface area (Å²) >= 11 is 0. The van der Waals surface area contributed by atoms with Crippen LogP contribution in [0.15, 0.2) is 72.8 Å². The van der Waals surface area contributed by atoms with Crippen LogP contribution >= 0.6 is 0 Å². The molecule has 0 amide bonds. The number of ketones is 1. The molecule has 0 fully saturated rings. The van der Waals surface area contributed by atoms with E-state index >= 15 is 0 Å². The van der Waals surface area contributed by atoms with Crippen LogP contribution in [-0.2, 0) is 0 Å². The number of rotatable bonds is 6. The first kappa shape index (κ1) is 21.2. The van der Waals surface area contributed by atoms with Crippen LogP contribution in [0.25, 0.3) is 10.8 Å². The zero-order chi connectivity index (χ0) is 22.8. The van der Waals surface area contributed by atoms with E-state index in [0.29, 0.717) is 27.6 Å². The molecule has 0 heterocycles. The predicted molar refractivity (Wildman–Crippen MR) is 127 cm³/mol. The standard InChI is InChI=1S/C27H25NO4/c1-16(18-4-9-21(10-5-18)32-22-11-7-20(28-3)8-12-22)24-15-26(30)25-14-19(17(2)29)6-13-23(25)27(24)31/h4-16,28,30-31H,1-3H3. The average Bonchev–Trinajstić information content (AvgIpc) is 2.81. The summed E-state index contributed by atoms with van der Waals surface area (Å²) in [7, 11) is 1.87. The highest BCUT2D eigenvalue weighted by Crippen LogP contribution is 2.41. The van der Waals surface area contributed by atoms with Crippen LogP contribution in [0.5, 0.6) is 23.0 Å². The molecule has 0 radical (unpaired) electrons. The third-order valence-corrected chi connectivity index (χ3v) is 5.75. The number of hydrogen-bond acceptors (Lipinski definition) is 5. The molecule has 1 atom stereocenters. The van der Waals surface area contributed by atoms with Crippen LogP contribution in [0.2, 0.25) is 0 Å². The van der Waals surface area contributed by atoms with Crippen molar-refractivity contribution in [2.45, 2.75) is 19.8 Å². The minimum absolute atomic E-state index is 0.0349. The molecule has 0 aromatic heterocycles. The molecule has 4 aromatic carbocycles. The van der Waals surface area contributed by atoms with Crippen molar-refractivity contribution < 1.29 is 19.7 Å². The summed E-state index contributed by atoms with van der Waals surface area (Å²) in [4.78, 5) is 11.7. The lowest BCUT2D eigenvalue weighted by atomic mass is 9.89. The maximum absolute atomic E-state index is 11.7. The summed E-state index contributed by atoms with van der Waals surface area (Å²) in [5, 5.41) is 25.5. The summed E-state index contributed by atoms with van der Waals surface area (Å²) in [5.41, 5.74) is 3.08. The van der Waals surface area contributed by atoms with Crippen molar-refractivity contribution >= 4 is 22.2 Å². The molecule has 0 saturated carbocycles. The molecule has 0 aliphatic carbocycles. The Morgan fingerprint density at radius 3 is 2.09 bits per heavy atom. The Balaban J connectivity index is 1.60.